The Bertz CT molecular complexity index is 192. The molecule has 0 aromatic carbocycles. The van der Waals surface area contributed by atoms with Crippen molar-refractivity contribution < 1.29 is 0 Å². The molecule has 15 heavy (non-hydrogen) atoms. The first-order valence-corrected chi connectivity index (χ1v) is 7.03. The summed E-state index contributed by atoms with van der Waals surface area (Å²) in [5, 5.41) is 3.76. The third kappa shape index (κ3) is 2.22. The number of rotatable bonds is 6. The van der Waals surface area contributed by atoms with Crippen LogP contribution in [-0.2, 0) is 0 Å². The second kappa shape index (κ2) is 4.86. The highest BCUT2D eigenvalue weighted by Crippen LogP contribution is 2.60. The SMILES string of the molecule is CCCC(C)C(NCC)C1C2CCCC21. The zero-order chi connectivity index (χ0) is 10.8. The van der Waals surface area contributed by atoms with Crippen molar-refractivity contribution in [1.29, 1.82) is 0 Å². The highest BCUT2D eigenvalue weighted by atomic mass is 14.9. The van der Waals surface area contributed by atoms with Crippen LogP contribution in [0.2, 0.25) is 0 Å². The minimum atomic E-state index is 0.824. The van der Waals surface area contributed by atoms with Crippen molar-refractivity contribution in [2.75, 3.05) is 6.54 Å². The van der Waals surface area contributed by atoms with Gasteiger partial charge in [0.1, 0.15) is 0 Å². The lowest BCUT2D eigenvalue weighted by molar-refractivity contribution is 0.298. The van der Waals surface area contributed by atoms with E-state index in [9.17, 15) is 0 Å². The van der Waals surface area contributed by atoms with Crippen molar-refractivity contribution in [2.24, 2.45) is 23.7 Å². The predicted octanol–water partition coefficient (Wildman–Crippen LogP) is 3.45. The van der Waals surface area contributed by atoms with E-state index in [1.165, 1.54) is 32.1 Å². The molecule has 88 valence electrons. The molecule has 0 bridgehead atoms. The van der Waals surface area contributed by atoms with Gasteiger partial charge in [-0.1, -0.05) is 33.6 Å². The zero-order valence-corrected chi connectivity index (χ0v) is 10.6. The Hall–Kier alpha value is -0.0400. The Morgan fingerprint density at radius 2 is 1.87 bits per heavy atom. The van der Waals surface area contributed by atoms with Gasteiger partial charge < -0.3 is 5.32 Å². The van der Waals surface area contributed by atoms with Crippen LogP contribution in [0.15, 0.2) is 0 Å². The molecule has 2 aliphatic carbocycles. The first-order chi connectivity index (χ1) is 7.29. The maximum atomic E-state index is 3.76. The van der Waals surface area contributed by atoms with Gasteiger partial charge in [0.05, 0.1) is 0 Å². The average Bonchev–Trinajstić information content (AvgIpc) is 2.70. The van der Waals surface area contributed by atoms with Gasteiger partial charge in [-0.25, -0.2) is 0 Å². The van der Waals surface area contributed by atoms with E-state index in [2.05, 4.69) is 26.1 Å². The van der Waals surface area contributed by atoms with Crippen molar-refractivity contribution in [1.82, 2.24) is 5.32 Å². The van der Waals surface area contributed by atoms with Crippen LogP contribution in [0.5, 0.6) is 0 Å². The molecule has 2 aliphatic rings. The fraction of sp³-hybridized carbons (Fsp3) is 1.00. The second-order valence-corrected chi connectivity index (χ2v) is 5.69. The van der Waals surface area contributed by atoms with E-state index in [0.29, 0.717) is 0 Å². The molecule has 0 aliphatic heterocycles. The van der Waals surface area contributed by atoms with E-state index in [0.717, 1.165) is 36.3 Å². The third-order valence-electron chi connectivity index (χ3n) is 4.68. The molecule has 0 amide bonds. The van der Waals surface area contributed by atoms with Gasteiger partial charge in [-0.2, -0.15) is 0 Å². The van der Waals surface area contributed by atoms with Crippen LogP contribution in [0.25, 0.3) is 0 Å². The fourth-order valence-electron chi connectivity index (χ4n) is 4.00. The molecular formula is C14H27N. The largest absolute Gasteiger partial charge is 0.314 e. The normalized spacial score (nSPS) is 37.4. The van der Waals surface area contributed by atoms with E-state index >= 15 is 0 Å². The van der Waals surface area contributed by atoms with E-state index in [1.54, 1.807) is 0 Å². The summed E-state index contributed by atoms with van der Waals surface area (Å²) >= 11 is 0. The smallest absolute Gasteiger partial charge is 0.0126 e. The third-order valence-corrected chi connectivity index (χ3v) is 4.68. The lowest BCUT2D eigenvalue weighted by Gasteiger charge is -2.26. The molecule has 0 saturated heterocycles. The quantitative estimate of drug-likeness (QED) is 0.706. The Kier molecular flexibility index (Phi) is 3.71. The molecule has 0 heterocycles. The number of nitrogens with one attached hydrogen (secondary N) is 1. The van der Waals surface area contributed by atoms with Crippen LogP contribution in [0.4, 0.5) is 0 Å². The molecule has 1 heteroatoms. The van der Waals surface area contributed by atoms with Gasteiger partial charge >= 0.3 is 0 Å². The van der Waals surface area contributed by atoms with Crippen LogP contribution >= 0.6 is 0 Å². The van der Waals surface area contributed by atoms with E-state index in [1.807, 2.05) is 0 Å². The molecule has 0 aromatic rings. The van der Waals surface area contributed by atoms with E-state index in [4.69, 9.17) is 0 Å². The van der Waals surface area contributed by atoms with Gasteiger partial charge in [0.15, 0.2) is 0 Å². The fourth-order valence-corrected chi connectivity index (χ4v) is 4.00. The van der Waals surface area contributed by atoms with Gasteiger partial charge in [0.25, 0.3) is 0 Å². The van der Waals surface area contributed by atoms with E-state index in [-0.39, 0.29) is 0 Å². The first-order valence-electron chi connectivity index (χ1n) is 7.03. The van der Waals surface area contributed by atoms with Crippen LogP contribution in [0, 0.1) is 23.7 Å². The molecule has 2 rings (SSSR count). The highest BCUT2D eigenvalue weighted by Gasteiger charge is 2.56. The molecule has 0 radical (unpaired) electrons. The molecule has 1 nitrogen and oxygen atoms in total. The Morgan fingerprint density at radius 3 is 2.40 bits per heavy atom. The lowest BCUT2D eigenvalue weighted by atomic mass is 9.90. The summed E-state index contributed by atoms with van der Waals surface area (Å²) in [6, 6.07) is 0.824. The summed E-state index contributed by atoms with van der Waals surface area (Å²) in [5.74, 6) is 4.13. The summed E-state index contributed by atoms with van der Waals surface area (Å²) in [6.45, 7) is 8.16. The van der Waals surface area contributed by atoms with Crippen LogP contribution in [0.1, 0.15) is 52.9 Å². The Balaban J connectivity index is 1.89. The second-order valence-electron chi connectivity index (χ2n) is 5.69. The van der Waals surface area contributed by atoms with Gasteiger partial charge in [-0.15, -0.1) is 0 Å². The van der Waals surface area contributed by atoms with Crippen molar-refractivity contribution in [3.63, 3.8) is 0 Å². The average molecular weight is 209 g/mol. The number of fused-ring (bicyclic) bond motifs is 1. The van der Waals surface area contributed by atoms with Gasteiger partial charge in [0, 0.05) is 6.04 Å². The maximum Gasteiger partial charge on any atom is 0.0126 e. The topological polar surface area (TPSA) is 12.0 Å². The molecule has 2 fully saturated rings. The molecule has 0 spiro atoms. The van der Waals surface area contributed by atoms with Crippen LogP contribution in [-0.4, -0.2) is 12.6 Å². The minimum Gasteiger partial charge on any atom is -0.314 e. The van der Waals surface area contributed by atoms with Crippen molar-refractivity contribution in [2.45, 2.75) is 58.9 Å². The number of hydrogen-bond donors (Lipinski definition) is 1. The minimum absolute atomic E-state index is 0.824. The standard InChI is InChI=1S/C14H27N/c1-4-7-10(3)14(15-5-2)13-11-8-6-9-12(11)13/h10-15H,4-9H2,1-3H3. The molecular weight excluding hydrogens is 182 g/mol. The summed E-state index contributed by atoms with van der Waals surface area (Å²) < 4.78 is 0. The van der Waals surface area contributed by atoms with Gasteiger partial charge in [-0.3, -0.25) is 0 Å². The Labute approximate surface area is 95.0 Å². The zero-order valence-electron chi connectivity index (χ0n) is 10.6. The highest BCUT2D eigenvalue weighted by molar-refractivity contribution is 5.07. The lowest BCUT2D eigenvalue weighted by Crippen LogP contribution is -2.38. The first kappa shape index (κ1) is 11.4. The van der Waals surface area contributed by atoms with Crippen LogP contribution in [0.3, 0.4) is 0 Å². The summed E-state index contributed by atoms with van der Waals surface area (Å²) in [5.41, 5.74) is 0. The van der Waals surface area contributed by atoms with E-state index < -0.39 is 0 Å². The summed E-state index contributed by atoms with van der Waals surface area (Å²) in [7, 11) is 0. The van der Waals surface area contributed by atoms with Crippen molar-refractivity contribution in [3.05, 3.63) is 0 Å². The van der Waals surface area contributed by atoms with Gasteiger partial charge in [-0.05, 0) is 49.5 Å². The van der Waals surface area contributed by atoms with Gasteiger partial charge in [0.2, 0.25) is 0 Å². The number of hydrogen-bond acceptors (Lipinski definition) is 1. The molecule has 0 aromatic heterocycles. The predicted molar refractivity (Wildman–Crippen MR) is 65.9 cm³/mol. The van der Waals surface area contributed by atoms with Crippen molar-refractivity contribution in [3.8, 4) is 0 Å². The monoisotopic (exact) mass is 209 g/mol. The van der Waals surface area contributed by atoms with Crippen LogP contribution < -0.4 is 5.32 Å². The molecule has 4 atom stereocenters. The maximum absolute atomic E-state index is 3.76. The molecule has 2 saturated carbocycles. The van der Waals surface area contributed by atoms with Crippen molar-refractivity contribution >= 4 is 0 Å². The Morgan fingerprint density at radius 1 is 1.20 bits per heavy atom. The summed E-state index contributed by atoms with van der Waals surface area (Å²) in [4.78, 5) is 0. The molecule has 4 unspecified atom stereocenters. The molecule has 1 N–H and O–H groups in total. The summed E-state index contributed by atoms with van der Waals surface area (Å²) in [6.07, 6.45) is 7.29.